The molecule has 2 nitrogen and oxygen atoms in total. The lowest BCUT2D eigenvalue weighted by atomic mass is 10.2. The van der Waals surface area contributed by atoms with Gasteiger partial charge in [0, 0.05) is 13.0 Å². The molecule has 1 aliphatic heterocycles. The van der Waals surface area contributed by atoms with E-state index in [1.807, 2.05) is 30.3 Å². The third kappa shape index (κ3) is 2.44. The Bertz CT molecular complexity index is 367. The van der Waals surface area contributed by atoms with Gasteiger partial charge in [0.05, 0.1) is 12.6 Å². The molecule has 2 rings (SSSR count). The van der Waals surface area contributed by atoms with E-state index < -0.39 is 12.0 Å². The van der Waals surface area contributed by atoms with Crippen LogP contribution in [-0.4, -0.2) is 29.7 Å². The topological polar surface area (TPSA) is 20.3 Å². The van der Waals surface area contributed by atoms with E-state index in [1.165, 1.54) is 4.90 Å². The van der Waals surface area contributed by atoms with Crippen LogP contribution >= 0.6 is 0 Å². The number of hydrogen-bond donors (Lipinski definition) is 0. The van der Waals surface area contributed by atoms with Crippen molar-refractivity contribution in [3.8, 4) is 0 Å². The minimum Gasteiger partial charge on any atom is -0.302 e. The molecule has 86 valence electrons. The molecule has 0 N–H and O–H groups in total. The first kappa shape index (κ1) is 11.2. The molecule has 1 aliphatic rings. The van der Waals surface area contributed by atoms with E-state index in [1.54, 1.807) is 0 Å². The van der Waals surface area contributed by atoms with Crippen LogP contribution in [0.3, 0.4) is 0 Å². The SMILES string of the molecule is O=CC1CC(F)(F)CN1Cc1ccccc1. The molecule has 16 heavy (non-hydrogen) atoms. The Morgan fingerprint density at radius 1 is 1.38 bits per heavy atom. The predicted molar refractivity (Wildman–Crippen MR) is 56.3 cm³/mol. The van der Waals surface area contributed by atoms with Gasteiger partial charge >= 0.3 is 0 Å². The van der Waals surface area contributed by atoms with Gasteiger partial charge < -0.3 is 4.79 Å². The zero-order valence-corrected chi connectivity index (χ0v) is 8.77. The number of alkyl halides is 2. The van der Waals surface area contributed by atoms with Crippen molar-refractivity contribution in [2.24, 2.45) is 0 Å². The summed E-state index contributed by atoms with van der Waals surface area (Å²) in [4.78, 5) is 12.3. The molecule has 0 amide bonds. The van der Waals surface area contributed by atoms with E-state index >= 15 is 0 Å². The zero-order valence-electron chi connectivity index (χ0n) is 8.77. The summed E-state index contributed by atoms with van der Waals surface area (Å²) in [7, 11) is 0. The number of rotatable bonds is 3. The van der Waals surface area contributed by atoms with Crippen molar-refractivity contribution >= 4 is 6.29 Å². The van der Waals surface area contributed by atoms with Crippen molar-refractivity contribution in [2.45, 2.75) is 24.9 Å². The minimum absolute atomic E-state index is 0.328. The Hall–Kier alpha value is -1.29. The molecule has 1 unspecified atom stereocenters. The largest absolute Gasteiger partial charge is 0.302 e. The van der Waals surface area contributed by atoms with Crippen LogP contribution in [0.25, 0.3) is 0 Å². The summed E-state index contributed by atoms with van der Waals surface area (Å²) in [6.45, 7) is 0.0745. The summed E-state index contributed by atoms with van der Waals surface area (Å²) >= 11 is 0. The second-order valence-electron chi connectivity index (χ2n) is 4.15. The molecule has 1 fully saturated rings. The average molecular weight is 225 g/mol. The molecule has 1 aromatic carbocycles. The number of aldehydes is 1. The van der Waals surface area contributed by atoms with Gasteiger partial charge in [0.25, 0.3) is 5.92 Å². The van der Waals surface area contributed by atoms with Crippen molar-refractivity contribution in [3.63, 3.8) is 0 Å². The fraction of sp³-hybridized carbons (Fsp3) is 0.417. The highest BCUT2D eigenvalue weighted by Crippen LogP contribution is 2.31. The summed E-state index contributed by atoms with van der Waals surface area (Å²) < 4.78 is 26.3. The molecule has 0 bridgehead atoms. The number of benzene rings is 1. The fourth-order valence-electron chi connectivity index (χ4n) is 2.04. The second-order valence-corrected chi connectivity index (χ2v) is 4.15. The van der Waals surface area contributed by atoms with Gasteiger partial charge in [-0.15, -0.1) is 0 Å². The number of hydrogen-bond acceptors (Lipinski definition) is 2. The van der Waals surface area contributed by atoms with Crippen LogP contribution in [0.15, 0.2) is 30.3 Å². The molecule has 0 spiro atoms. The molecule has 0 aromatic heterocycles. The first-order valence-corrected chi connectivity index (χ1v) is 5.22. The molecular formula is C12H13F2NO. The van der Waals surface area contributed by atoms with Gasteiger partial charge in [0.15, 0.2) is 0 Å². The fourth-order valence-corrected chi connectivity index (χ4v) is 2.04. The van der Waals surface area contributed by atoms with Crippen molar-refractivity contribution < 1.29 is 13.6 Å². The summed E-state index contributed by atoms with van der Waals surface area (Å²) in [5.74, 6) is -2.74. The Morgan fingerprint density at radius 3 is 2.69 bits per heavy atom. The summed E-state index contributed by atoms with van der Waals surface area (Å²) in [6.07, 6.45) is 0.257. The molecule has 0 radical (unpaired) electrons. The first-order chi connectivity index (χ1) is 7.61. The van der Waals surface area contributed by atoms with Gasteiger partial charge in [-0.3, -0.25) is 4.90 Å². The van der Waals surface area contributed by atoms with Crippen molar-refractivity contribution in [2.75, 3.05) is 6.54 Å². The van der Waals surface area contributed by atoms with Gasteiger partial charge in [-0.25, -0.2) is 8.78 Å². The number of carbonyl (C=O) groups excluding carboxylic acids is 1. The molecule has 1 atom stereocenters. The average Bonchev–Trinajstić information content (AvgIpc) is 2.54. The molecule has 0 aliphatic carbocycles. The monoisotopic (exact) mass is 225 g/mol. The summed E-state index contributed by atoms with van der Waals surface area (Å²) in [5.41, 5.74) is 0.951. The van der Waals surface area contributed by atoms with E-state index in [0.29, 0.717) is 12.8 Å². The Kier molecular flexibility index (Phi) is 3.01. The normalized spacial score (nSPS) is 24.5. The number of likely N-dealkylation sites (tertiary alicyclic amines) is 1. The van der Waals surface area contributed by atoms with Gasteiger partial charge in [-0.05, 0) is 5.56 Å². The smallest absolute Gasteiger partial charge is 0.262 e. The van der Waals surface area contributed by atoms with E-state index in [4.69, 9.17) is 0 Å². The van der Waals surface area contributed by atoms with Gasteiger partial charge in [-0.2, -0.15) is 0 Å². The van der Waals surface area contributed by atoms with Crippen LogP contribution in [0.5, 0.6) is 0 Å². The Balaban J connectivity index is 2.07. The molecule has 1 heterocycles. The number of halogens is 2. The number of carbonyl (C=O) groups is 1. The Morgan fingerprint density at radius 2 is 2.06 bits per heavy atom. The minimum atomic E-state index is -2.74. The van der Waals surface area contributed by atoms with Crippen LogP contribution in [-0.2, 0) is 11.3 Å². The standard InChI is InChI=1S/C12H13F2NO/c13-12(14)6-11(8-16)15(9-12)7-10-4-2-1-3-5-10/h1-5,8,11H,6-7,9H2. The van der Waals surface area contributed by atoms with Gasteiger partial charge in [-0.1, -0.05) is 30.3 Å². The lowest BCUT2D eigenvalue weighted by molar-refractivity contribution is -0.111. The van der Waals surface area contributed by atoms with Crippen molar-refractivity contribution in [1.82, 2.24) is 4.90 Å². The highest BCUT2D eigenvalue weighted by molar-refractivity contribution is 5.58. The summed E-state index contributed by atoms with van der Waals surface area (Å²) in [6, 6.07) is 8.68. The molecule has 4 heteroatoms. The first-order valence-electron chi connectivity index (χ1n) is 5.22. The third-order valence-corrected chi connectivity index (χ3v) is 2.80. The van der Waals surface area contributed by atoms with Crippen LogP contribution in [0.1, 0.15) is 12.0 Å². The van der Waals surface area contributed by atoms with Crippen LogP contribution in [0.4, 0.5) is 8.78 Å². The quantitative estimate of drug-likeness (QED) is 0.734. The van der Waals surface area contributed by atoms with Gasteiger partial charge in [0.1, 0.15) is 6.29 Å². The highest BCUT2D eigenvalue weighted by atomic mass is 19.3. The lowest BCUT2D eigenvalue weighted by Gasteiger charge is -2.19. The van der Waals surface area contributed by atoms with E-state index in [-0.39, 0.29) is 13.0 Å². The molecule has 0 saturated carbocycles. The van der Waals surface area contributed by atoms with Gasteiger partial charge in [0.2, 0.25) is 0 Å². The van der Waals surface area contributed by atoms with E-state index in [9.17, 15) is 13.6 Å². The van der Waals surface area contributed by atoms with E-state index in [2.05, 4.69) is 0 Å². The molecule has 1 saturated heterocycles. The van der Waals surface area contributed by atoms with Crippen molar-refractivity contribution in [1.29, 1.82) is 0 Å². The van der Waals surface area contributed by atoms with Crippen LogP contribution in [0.2, 0.25) is 0 Å². The van der Waals surface area contributed by atoms with Crippen molar-refractivity contribution in [3.05, 3.63) is 35.9 Å². The maximum absolute atomic E-state index is 13.1. The number of nitrogens with zero attached hydrogens (tertiary/aromatic N) is 1. The molecule has 1 aromatic rings. The predicted octanol–water partition coefficient (Wildman–Crippen LogP) is 2.10. The lowest BCUT2D eigenvalue weighted by Crippen LogP contribution is -2.30. The maximum Gasteiger partial charge on any atom is 0.262 e. The molecular weight excluding hydrogens is 212 g/mol. The Labute approximate surface area is 92.9 Å². The maximum atomic E-state index is 13.1. The second kappa shape index (κ2) is 4.29. The summed E-state index contributed by atoms with van der Waals surface area (Å²) in [5, 5.41) is 0. The van der Waals surface area contributed by atoms with E-state index in [0.717, 1.165) is 5.56 Å². The zero-order chi connectivity index (χ0) is 11.6. The van der Waals surface area contributed by atoms with Crippen LogP contribution < -0.4 is 0 Å². The third-order valence-electron chi connectivity index (χ3n) is 2.80. The highest BCUT2D eigenvalue weighted by Gasteiger charge is 2.44. The van der Waals surface area contributed by atoms with Crippen LogP contribution in [0, 0.1) is 0 Å².